The Morgan fingerprint density at radius 2 is 2.56 bits per heavy atom. The van der Waals surface area contributed by atoms with Crippen LogP contribution in [0.2, 0.25) is 0 Å². The highest BCUT2D eigenvalue weighted by Gasteiger charge is 2.34. The Kier molecular flexibility index (Phi) is 3.23. The van der Waals surface area contributed by atoms with Gasteiger partial charge in [0.1, 0.15) is 12.2 Å². The molecule has 1 aliphatic heterocycles. The van der Waals surface area contributed by atoms with Gasteiger partial charge in [-0.05, 0) is 18.6 Å². The number of oxazole rings is 1. The highest BCUT2D eigenvalue weighted by atomic mass is 32.2. The van der Waals surface area contributed by atoms with Crippen molar-refractivity contribution >= 4 is 17.7 Å². The lowest BCUT2D eigenvalue weighted by Crippen LogP contribution is -2.29. The maximum atomic E-state index is 10.5. The van der Waals surface area contributed by atoms with Crippen LogP contribution in [0.15, 0.2) is 10.6 Å². The molecular weight excluding hydrogens is 226 g/mol. The van der Waals surface area contributed by atoms with Crippen LogP contribution in [0.1, 0.15) is 31.4 Å². The van der Waals surface area contributed by atoms with Crippen LogP contribution < -0.4 is 0 Å². The monoisotopic (exact) mass is 241 g/mol. The van der Waals surface area contributed by atoms with Crippen LogP contribution in [0.5, 0.6) is 0 Å². The van der Waals surface area contributed by atoms with Crippen LogP contribution in [0.25, 0.3) is 0 Å². The van der Waals surface area contributed by atoms with E-state index in [9.17, 15) is 4.79 Å². The van der Waals surface area contributed by atoms with Crippen molar-refractivity contribution in [1.29, 1.82) is 0 Å². The number of carboxylic acids is 1. The average molecular weight is 241 g/mol. The van der Waals surface area contributed by atoms with Crippen molar-refractivity contribution in [2.24, 2.45) is 0 Å². The van der Waals surface area contributed by atoms with Crippen molar-refractivity contribution in [3.63, 3.8) is 0 Å². The molecule has 2 rings (SSSR count). The molecule has 1 saturated heterocycles. The molecule has 2 heterocycles. The lowest BCUT2D eigenvalue weighted by Gasteiger charge is -2.29. The molecule has 0 aliphatic carbocycles. The SMILES string of the molecule is CC1(c2ncc(CC(=O)O)o2)CCCSC1. The largest absolute Gasteiger partial charge is 0.481 e. The third kappa shape index (κ3) is 2.40. The number of nitrogens with zero attached hydrogens (tertiary/aromatic N) is 1. The fraction of sp³-hybridized carbons (Fsp3) is 0.636. The highest BCUT2D eigenvalue weighted by molar-refractivity contribution is 7.99. The molecule has 0 spiro atoms. The Balaban J connectivity index is 2.13. The van der Waals surface area contributed by atoms with E-state index < -0.39 is 5.97 Å². The van der Waals surface area contributed by atoms with Gasteiger partial charge in [-0.15, -0.1) is 0 Å². The van der Waals surface area contributed by atoms with Crippen molar-refractivity contribution in [3.05, 3.63) is 17.8 Å². The summed E-state index contributed by atoms with van der Waals surface area (Å²) in [6.07, 6.45) is 3.68. The Bertz CT molecular complexity index is 382. The molecule has 88 valence electrons. The van der Waals surface area contributed by atoms with Crippen LogP contribution in [0, 0.1) is 0 Å². The topological polar surface area (TPSA) is 63.3 Å². The van der Waals surface area contributed by atoms with Crippen molar-refractivity contribution in [2.75, 3.05) is 11.5 Å². The normalized spacial score (nSPS) is 25.6. The first-order valence-corrected chi connectivity index (χ1v) is 6.50. The lowest BCUT2D eigenvalue weighted by molar-refractivity contribution is -0.136. The van der Waals surface area contributed by atoms with E-state index in [-0.39, 0.29) is 11.8 Å². The molecule has 1 aromatic heterocycles. The predicted molar refractivity (Wildman–Crippen MR) is 61.8 cm³/mol. The maximum Gasteiger partial charge on any atom is 0.311 e. The molecule has 1 N–H and O–H groups in total. The summed E-state index contributed by atoms with van der Waals surface area (Å²) in [6, 6.07) is 0. The summed E-state index contributed by atoms with van der Waals surface area (Å²) in [4.78, 5) is 14.8. The van der Waals surface area contributed by atoms with Gasteiger partial charge in [0, 0.05) is 5.75 Å². The molecule has 16 heavy (non-hydrogen) atoms. The first-order chi connectivity index (χ1) is 7.60. The van der Waals surface area contributed by atoms with Gasteiger partial charge in [-0.3, -0.25) is 4.79 Å². The standard InChI is InChI=1S/C11H15NO3S/c1-11(3-2-4-16-7-11)10-12-6-8(15-10)5-9(13)14/h6H,2-5,7H2,1H3,(H,13,14). The first-order valence-electron chi connectivity index (χ1n) is 5.35. The number of rotatable bonds is 3. The zero-order valence-corrected chi connectivity index (χ0v) is 10.0. The molecule has 1 atom stereocenters. The van der Waals surface area contributed by atoms with Gasteiger partial charge in [0.25, 0.3) is 0 Å². The van der Waals surface area contributed by atoms with E-state index in [1.54, 1.807) is 0 Å². The highest BCUT2D eigenvalue weighted by Crippen LogP contribution is 2.36. The van der Waals surface area contributed by atoms with Crippen molar-refractivity contribution in [1.82, 2.24) is 4.98 Å². The zero-order valence-electron chi connectivity index (χ0n) is 9.23. The quantitative estimate of drug-likeness (QED) is 0.877. The van der Waals surface area contributed by atoms with Gasteiger partial charge in [-0.2, -0.15) is 11.8 Å². The van der Waals surface area contributed by atoms with Crippen molar-refractivity contribution < 1.29 is 14.3 Å². The Labute approximate surface area is 98.4 Å². The average Bonchev–Trinajstić information content (AvgIpc) is 2.67. The third-order valence-corrected chi connectivity index (χ3v) is 4.25. The smallest absolute Gasteiger partial charge is 0.311 e. The summed E-state index contributed by atoms with van der Waals surface area (Å²) in [5.74, 6) is 2.44. The molecule has 5 heteroatoms. The molecule has 0 aromatic carbocycles. The fourth-order valence-electron chi connectivity index (χ4n) is 1.92. The van der Waals surface area contributed by atoms with E-state index >= 15 is 0 Å². The minimum atomic E-state index is -0.883. The van der Waals surface area contributed by atoms with E-state index in [1.165, 1.54) is 11.9 Å². The van der Waals surface area contributed by atoms with Crippen LogP contribution >= 0.6 is 11.8 Å². The molecule has 1 unspecified atom stereocenters. The number of thioether (sulfide) groups is 1. The van der Waals surface area contributed by atoms with E-state index in [2.05, 4.69) is 11.9 Å². The number of hydrogen-bond donors (Lipinski definition) is 1. The van der Waals surface area contributed by atoms with Crippen molar-refractivity contribution in [2.45, 2.75) is 31.6 Å². The second-order valence-corrected chi connectivity index (χ2v) is 5.52. The van der Waals surface area contributed by atoms with E-state index in [1.807, 2.05) is 11.8 Å². The third-order valence-electron chi connectivity index (χ3n) is 2.83. The summed E-state index contributed by atoms with van der Waals surface area (Å²) in [5, 5.41) is 8.66. The summed E-state index contributed by atoms with van der Waals surface area (Å²) in [7, 11) is 0. The number of aliphatic carboxylic acids is 1. The molecular formula is C11H15NO3S. The molecule has 4 nitrogen and oxygen atoms in total. The van der Waals surface area contributed by atoms with Gasteiger partial charge in [-0.25, -0.2) is 4.98 Å². The minimum absolute atomic E-state index is 0.0281. The van der Waals surface area contributed by atoms with Crippen molar-refractivity contribution in [3.8, 4) is 0 Å². The molecule has 1 aromatic rings. The van der Waals surface area contributed by atoms with Gasteiger partial charge >= 0.3 is 5.97 Å². The summed E-state index contributed by atoms with van der Waals surface area (Å²) < 4.78 is 5.53. The fourth-order valence-corrected chi connectivity index (χ4v) is 3.13. The molecule has 1 fully saturated rings. The number of aromatic nitrogens is 1. The predicted octanol–water partition coefficient (Wildman–Crippen LogP) is 2.09. The number of hydrogen-bond acceptors (Lipinski definition) is 4. The molecule has 1 aliphatic rings. The Morgan fingerprint density at radius 1 is 1.75 bits per heavy atom. The van der Waals surface area contributed by atoms with Gasteiger partial charge < -0.3 is 9.52 Å². The number of carbonyl (C=O) groups is 1. The molecule has 0 bridgehead atoms. The molecule has 0 amide bonds. The van der Waals surface area contributed by atoms with E-state index in [0.29, 0.717) is 11.7 Å². The lowest BCUT2D eigenvalue weighted by atomic mass is 9.87. The summed E-state index contributed by atoms with van der Waals surface area (Å²) >= 11 is 1.90. The minimum Gasteiger partial charge on any atom is -0.481 e. The second kappa shape index (κ2) is 4.49. The van der Waals surface area contributed by atoms with Gasteiger partial charge in [0.2, 0.25) is 5.89 Å². The second-order valence-electron chi connectivity index (χ2n) is 4.42. The zero-order chi connectivity index (χ0) is 11.6. The number of carboxylic acid groups (broad SMARTS) is 1. The maximum absolute atomic E-state index is 10.5. The summed E-state index contributed by atoms with van der Waals surface area (Å²) in [6.45, 7) is 2.13. The molecule has 0 saturated carbocycles. The van der Waals surface area contributed by atoms with Crippen LogP contribution in [0.3, 0.4) is 0 Å². The Hall–Kier alpha value is -0.970. The van der Waals surface area contributed by atoms with Crippen LogP contribution in [-0.4, -0.2) is 27.6 Å². The van der Waals surface area contributed by atoms with Gasteiger partial charge in [0.15, 0.2) is 0 Å². The molecule has 0 radical (unpaired) electrons. The van der Waals surface area contributed by atoms with E-state index in [4.69, 9.17) is 9.52 Å². The van der Waals surface area contributed by atoms with E-state index in [0.717, 1.165) is 18.6 Å². The first kappa shape index (κ1) is 11.5. The van der Waals surface area contributed by atoms with Gasteiger partial charge in [-0.1, -0.05) is 6.92 Å². The van der Waals surface area contributed by atoms with Crippen LogP contribution in [0.4, 0.5) is 0 Å². The Morgan fingerprint density at radius 3 is 3.19 bits per heavy atom. The van der Waals surface area contributed by atoms with Gasteiger partial charge in [0.05, 0.1) is 11.6 Å². The van der Waals surface area contributed by atoms with Crippen LogP contribution in [-0.2, 0) is 16.6 Å². The summed E-state index contributed by atoms with van der Waals surface area (Å²) in [5.41, 5.74) is -0.0281.